The van der Waals surface area contributed by atoms with Crippen molar-refractivity contribution < 1.29 is 13.2 Å². The van der Waals surface area contributed by atoms with Gasteiger partial charge in [-0.15, -0.1) is 0 Å². The number of hydrogen-bond acceptors (Lipinski definition) is 6. The summed E-state index contributed by atoms with van der Waals surface area (Å²) in [6, 6.07) is 11.7. The van der Waals surface area contributed by atoms with Gasteiger partial charge in [0.2, 0.25) is 10.0 Å². The van der Waals surface area contributed by atoms with Crippen molar-refractivity contribution in [3.63, 3.8) is 0 Å². The SMILES string of the molecule is COc1ccc2c(c1)Sc1cc(S(=O)(=O)N(C)C)ccc1N2CCC12CCCN1CCC2. The van der Waals surface area contributed by atoms with Gasteiger partial charge in [0, 0.05) is 36.0 Å². The van der Waals surface area contributed by atoms with E-state index < -0.39 is 10.0 Å². The molecule has 0 spiro atoms. The maximum atomic E-state index is 12.7. The molecular weight excluding hydrogens is 442 g/mol. The lowest BCUT2D eigenvalue weighted by Crippen LogP contribution is -2.41. The van der Waals surface area contributed by atoms with E-state index in [4.69, 9.17) is 4.74 Å². The van der Waals surface area contributed by atoms with Gasteiger partial charge in [-0.1, -0.05) is 11.8 Å². The number of anilines is 2. The second-order valence-electron chi connectivity index (χ2n) is 9.17. The Labute approximate surface area is 195 Å². The number of hydrogen-bond donors (Lipinski definition) is 0. The Bertz CT molecular complexity index is 1120. The maximum Gasteiger partial charge on any atom is 0.242 e. The van der Waals surface area contributed by atoms with Crippen LogP contribution in [0.1, 0.15) is 32.1 Å². The molecule has 6 nitrogen and oxygen atoms in total. The molecule has 3 heterocycles. The Morgan fingerprint density at radius 2 is 1.69 bits per heavy atom. The summed E-state index contributed by atoms with van der Waals surface area (Å²) in [6.07, 6.45) is 6.30. The van der Waals surface area contributed by atoms with Crippen LogP contribution in [0.2, 0.25) is 0 Å². The Kier molecular flexibility index (Phi) is 5.68. The van der Waals surface area contributed by atoms with Crippen molar-refractivity contribution in [3.05, 3.63) is 36.4 Å². The van der Waals surface area contributed by atoms with Gasteiger partial charge < -0.3 is 9.64 Å². The molecule has 3 aliphatic heterocycles. The number of benzene rings is 2. The molecule has 0 bridgehead atoms. The van der Waals surface area contributed by atoms with E-state index in [1.807, 2.05) is 18.2 Å². The summed E-state index contributed by atoms with van der Waals surface area (Å²) in [6.45, 7) is 3.38. The second-order valence-corrected chi connectivity index (χ2v) is 12.4. The lowest BCUT2D eigenvalue weighted by atomic mass is 9.90. The molecule has 0 aromatic heterocycles. The first-order valence-electron chi connectivity index (χ1n) is 11.3. The lowest BCUT2D eigenvalue weighted by molar-refractivity contribution is 0.185. The molecule has 0 saturated carbocycles. The lowest BCUT2D eigenvalue weighted by Gasteiger charge is -2.38. The first-order chi connectivity index (χ1) is 15.3. The summed E-state index contributed by atoms with van der Waals surface area (Å²) >= 11 is 1.62. The van der Waals surface area contributed by atoms with Crippen LogP contribution in [0.3, 0.4) is 0 Å². The minimum absolute atomic E-state index is 0.330. The number of rotatable bonds is 6. The molecule has 5 rings (SSSR count). The normalized spacial score (nSPS) is 19.7. The van der Waals surface area contributed by atoms with Crippen molar-refractivity contribution in [2.24, 2.45) is 0 Å². The number of fused-ring (bicyclic) bond motifs is 3. The maximum absolute atomic E-state index is 12.7. The molecule has 32 heavy (non-hydrogen) atoms. The van der Waals surface area contributed by atoms with Gasteiger partial charge in [-0.2, -0.15) is 0 Å². The van der Waals surface area contributed by atoms with Crippen LogP contribution in [0.4, 0.5) is 11.4 Å². The van der Waals surface area contributed by atoms with Gasteiger partial charge in [0.25, 0.3) is 0 Å². The molecule has 2 aromatic rings. The highest BCUT2D eigenvalue weighted by atomic mass is 32.2. The molecule has 2 saturated heterocycles. The monoisotopic (exact) mass is 473 g/mol. The van der Waals surface area contributed by atoms with Gasteiger partial charge in [-0.25, -0.2) is 12.7 Å². The fourth-order valence-corrected chi connectivity index (χ4v) is 7.71. The molecule has 8 heteroatoms. The van der Waals surface area contributed by atoms with Crippen molar-refractivity contribution in [2.45, 2.75) is 52.3 Å². The molecular formula is C24H31N3O3S2. The molecule has 0 N–H and O–H groups in total. The topological polar surface area (TPSA) is 53.1 Å². The van der Waals surface area contributed by atoms with Crippen molar-refractivity contribution in [1.82, 2.24) is 9.21 Å². The van der Waals surface area contributed by atoms with Gasteiger partial charge in [0.1, 0.15) is 5.75 Å². The van der Waals surface area contributed by atoms with Crippen LogP contribution in [-0.2, 0) is 10.0 Å². The zero-order valence-electron chi connectivity index (χ0n) is 19.0. The van der Waals surface area contributed by atoms with Gasteiger partial charge in [0.05, 0.1) is 23.4 Å². The fourth-order valence-electron chi connectivity index (χ4n) is 5.54. The van der Waals surface area contributed by atoms with Crippen LogP contribution in [0.25, 0.3) is 0 Å². The van der Waals surface area contributed by atoms with E-state index in [1.165, 1.54) is 48.8 Å². The van der Waals surface area contributed by atoms with Crippen molar-refractivity contribution in [1.29, 1.82) is 0 Å². The molecule has 172 valence electrons. The van der Waals surface area contributed by atoms with Gasteiger partial charge in [0.15, 0.2) is 0 Å². The number of nitrogens with zero attached hydrogens (tertiary/aromatic N) is 3. The van der Waals surface area contributed by atoms with Crippen LogP contribution >= 0.6 is 11.8 Å². The summed E-state index contributed by atoms with van der Waals surface area (Å²) in [7, 11) is 1.34. The van der Waals surface area contributed by atoms with Crippen LogP contribution in [0, 0.1) is 0 Å². The highest BCUT2D eigenvalue weighted by Crippen LogP contribution is 2.51. The number of sulfonamides is 1. The zero-order chi connectivity index (χ0) is 22.5. The van der Waals surface area contributed by atoms with E-state index in [-0.39, 0.29) is 0 Å². The first-order valence-corrected chi connectivity index (χ1v) is 13.5. The Morgan fingerprint density at radius 3 is 2.34 bits per heavy atom. The van der Waals surface area contributed by atoms with E-state index in [0.29, 0.717) is 10.4 Å². The van der Waals surface area contributed by atoms with Crippen molar-refractivity contribution in [3.8, 4) is 5.75 Å². The van der Waals surface area contributed by atoms with Crippen LogP contribution in [-0.4, -0.2) is 64.0 Å². The van der Waals surface area contributed by atoms with Crippen LogP contribution in [0.15, 0.2) is 51.1 Å². The third kappa shape index (κ3) is 3.61. The third-order valence-electron chi connectivity index (χ3n) is 7.29. The Balaban J connectivity index is 1.53. The minimum Gasteiger partial charge on any atom is -0.497 e. The average molecular weight is 474 g/mol. The summed E-state index contributed by atoms with van der Waals surface area (Å²) in [5.41, 5.74) is 2.60. The summed E-state index contributed by atoms with van der Waals surface area (Å²) < 4.78 is 32.2. The first kappa shape index (κ1) is 22.1. The summed E-state index contributed by atoms with van der Waals surface area (Å²) in [4.78, 5) is 7.49. The van der Waals surface area contributed by atoms with E-state index in [0.717, 1.165) is 34.2 Å². The van der Waals surface area contributed by atoms with Gasteiger partial charge in [-0.3, -0.25) is 4.90 Å². The molecule has 0 aliphatic carbocycles. The van der Waals surface area contributed by atoms with E-state index >= 15 is 0 Å². The minimum atomic E-state index is -3.49. The number of ether oxygens (including phenoxy) is 1. The molecule has 2 aromatic carbocycles. The fraction of sp³-hybridized carbons (Fsp3) is 0.500. The third-order valence-corrected chi connectivity index (χ3v) is 10.2. The largest absolute Gasteiger partial charge is 0.497 e. The quantitative estimate of drug-likeness (QED) is 0.613. The van der Waals surface area contributed by atoms with Crippen molar-refractivity contribution >= 4 is 33.2 Å². The van der Waals surface area contributed by atoms with Crippen molar-refractivity contribution in [2.75, 3.05) is 45.7 Å². The summed E-state index contributed by atoms with van der Waals surface area (Å²) in [5.74, 6) is 0.813. The standard InChI is InChI=1S/C24H31N3O3S2/c1-25(2)32(28,29)19-7-9-21-23(17-19)31-22-16-18(30-3)6-8-20(22)27(21)15-12-24-10-4-13-26(24)14-5-11-24/h6-9,16-17H,4-5,10-15H2,1-3H3. The van der Waals surface area contributed by atoms with E-state index in [1.54, 1.807) is 39.0 Å². The average Bonchev–Trinajstić information content (AvgIpc) is 3.36. The zero-order valence-corrected chi connectivity index (χ0v) is 20.6. The van der Waals surface area contributed by atoms with E-state index in [9.17, 15) is 8.42 Å². The predicted molar refractivity (Wildman–Crippen MR) is 129 cm³/mol. The molecule has 0 unspecified atom stereocenters. The van der Waals surface area contributed by atoms with Crippen LogP contribution < -0.4 is 9.64 Å². The Hall–Kier alpha value is -1.74. The Morgan fingerprint density at radius 1 is 1.03 bits per heavy atom. The predicted octanol–water partition coefficient (Wildman–Crippen LogP) is 4.57. The molecule has 0 atom stereocenters. The second kappa shape index (κ2) is 8.24. The van der Waals surface area contributed by atoms with Crippen LogP contribution in [0.5, 0.6) is 5.75 Å². The highest BCUT2D eigenvalue weighted by Gasteiger charge is 2.44. The van der Waals surface area contributed by atoms with Gasteiger partial charge in [-0.05, 0) is 81.6 Å². The number of methoxy groups -OCH3 is 1. The smallest absolute Gasteiger partial charge is 0.242 e. The summed E-state index contributed by atoms with van der Waals surface area (Å²) in [5, 5.41) is 0. The molecule has 2 fully saturated rings. The molecule has 3 aliphatic rings. The van der Waals surface area contributed by atoms with Gasteiger partial charge >= 0.3 is 0 Å². The highest BCUT2D eigenvalue weighted by molar-refractivity contribution is 7.99. The molecule has 0 amide bonds. The van der Waals surface area contributed by atoms with E-state index in [2.05, 4.69) is 21.9 Å². The molecule has 0 radical (unpaired) electrons.